The fraction of sp³-hybridized carbons (Fsp3) is 0. The van der Waals surface area contributed by atoms with Crippen molar-refractivity contribution < 1.29 is 9.21 Å². The van der Waals surface area contributed by atoms with E-state index in [0.717, 1.165) is 21.0 Å². The topological polar surface area (TPSA) is 68.0 Å². The van der Waals surface area contributed by atoms with Crippen LogP contribution in [0.3, 0.4) is 0 Å². The number of carbonyl (C=O) groups is 1. The Hall–Kier alpha value is -2.03. The Morgan fingerprint density at radius 3 is 2.79 bits per heavy atom. The van der Waals surface area contributed by atoms with E-state index in [1.54, 1.807) is 30.9 Å². The van der Waals surface area contributed by atoms with Crippen molar-refractivity contribution in [1.29, 1.82) is 0 Å². The van der Waals surface area contributed by atoms with Crippen molar-refractivity contribution in [2.75, 3.05) is 0 Å². The summed E-state index contributed by atoms with van der Waals surface area (Å²) in [5.74, 6) is 0.365. The van der Waals surface area contributed by atoms with E-state index in [2.05, 4.69) is 31.2 Å². The van der Waals surface area contributed by atoms with Gasteiger partial charge in [0.2, 0.25) is 0 Å². The van der Waals surface area contributed by atoms with E-state index in [9.17, 15) is 4.79 Å². The number of halogens is 1. The zero-order valence-electron chi connectivity index (χ0n) is 11.9. The second-order valence-electron chi connectivity index (χ2n) is 5.00. The van der Waals surface area contributed by atoms with Gasteiger partial charge in [-0.15, -0.1) is 0 Å². The Balaban J connectivity index is 1.82. The predicted molar refractivity (Wildman–Crippen MR) is 101 cm³/mol. The molecule has 0 atom stereocenters. The first-order valence-electron chi connectivity index (χ1n) is 6.83. The summed E-state index contributed by atoms with van der Waals surface area (Å²) >= 11 is 9.63. The summed E-state index contributed by atoms with van der Waals surface area (Å²) in [6.07, 6.45) is 8.61. The van der Waals surface area contributed by atoms with Gasteiger partial charge in [0.1, 0.15) is 15.7 Å². The number of thiocarbonyl (C=S) groups is 1. The molecular formula is C16H8BrN3O2S2. The molecule has 4 heterocycles. The molecule has 1 aliphatic heterocycles. The first kappa shape index (κ1) is 15.5. The van der Waals surface area contributed by atoms with Gasteiger partial charge in [-0.2, -0.15) is 0 Å². The Bertz CT molecular complexity index is 1030. The Morgan fingerprint density at radius 1 is 1.21 bits per heavy atom. The number of hydrogen-bond acceptors (Lipinski definition) is 6. The third kappa shape index (κ3) is 2.88. The third-order valence-electron chi connectivity index (χ3n) is 3.37. The molecule has 0 spiro atoms. The maximum absolute atomic E-state index is 11.8. The highest BCUT2D eigenvalue weighted by atomic mass is 79.9. The molecule has 1 fully saturated rings. The first-order valence-corrected chi connectivity index (χ1v) is 8.85. The van der Waals surface area contributed by atoms with E-state index in [1.807, 2.05) is 12.1 Å². The second-order valence-corrected chi connectivity index (χ2v) is 7.63. The number of pyridine rings is 2. The minimum Gasteiger partial charge on any atom is -0.456 e. The third-order valence-corrected chi connectivity index (χ3v) is 4.97. The van der Waals surface area contributed by atoms with Gasteiger partial charge in [-0.1, -0.05) is 24.0 Å². The number of aromatic nitrogens is 2. The molecule has 0 saturated carbocycles. The van der Waals surface area contributed by atoms with Crippen molar-refractivity contribution in [3.8, 4) is 11.1 Å². The lowest BCUT2D eigenvalue weighted by atomic mass is 10.1. The number of carbonyl (C=O) groups excluding carboxylic acids is 1. The summed E-state index contributed by atoms with van der Waals surface area (Å²) in [4.78, 5) is 20.7. The summed E-state index contributed by atoms with van der Waals surface area (Å²) in [7, 11) is 0. The number of nitrogens with zero attached hydrogens (tertiary/aromatic N) is 2. The molecule has 0 aliphatic carbocycles. The van der Waals surface area contributed by atoms with Crippen molar-refractivity contribution in [2.24, 2.45) is 0 Å². The second kappa shape index (κ2) is 6.12. The Kier molecular flexibility index (Phi) is 3.95. The van der Waals surface area contributed by atoms with E-state index in [0.29, 0.717) is 20.6 Å². The molecule has 5 nitrogen and oxygen atoms in total. The van der Waals surface area contributed by atoms with Crippen LogP contribution in [0.1, 0.15) is 5.76 Å². The summed E-state index contributed by atoms with van der Waals surface area (Å²) in [5.41, 5.74) is 2.43. The molecule has 1 amide bonds. The molecule has 1 N–H and O–H groups in total. The van der Waals surface area contributed by atoms with Crippen LogP contribution < -0.4 is 5.32 Å². The summed E-state index contributed by atoms with van der Waals surface area (Å²) < 4.78 is 7.27. The molecule has 3 aromatic rings. The smallest absolute Gasteiger partial charge is 0.263 e. The van der Waals surface area contributed by atoms with Crippen molar-refractivity contribution in [2.45, 2.75) is 0 Å². The van der Waals surface area contributed by atoms with Gasteiger partial charge < -0.3 is 9.73 Å². The normalized spacial score (nSPS) is 16.1. The van der Waals surface area contributed by atoms with Gasteiger partial charge in [0.25, 0.3) is 5.91 Å². The van der Waals surface area contributed by atoms with Crippen LogP contribution in [-0.4, -0.2) is 20.2 Å². The molecule has 0 radical (unpaired) electrons. The van der Waals surface area contributed by atoms with E-state index in [1.165, 1.54) is 11.8 Å². The van der Waals surface area contributed by atoms with Gasteiger partial charge in [-0.3, -0.25) is 14.8 Å². The SMILES string of the molecule is O=C1NC(=S)S/C1=C\c1cc2cncc(-c3cncc(Br)c3)c2o1. The van der Waals surface area contributed by atoms with Crippen LogP contribution in [0.15, 0.2) is 50.7 Å². The fourth-order valence-electron chi connectivity index (χ4n) is 2.37. The molecule has 3 aromatic heterocycles. The average Bonchev–Trinajstić information content (AvgIpc) is 3.09. The van der Waals surface area contributed by atoms with Crippen molar-refractivity contribution in [3.63, 3.8) is 0 Å². The standard InChI is InChI=1S/C16H8BrN3O2S2/c17-10-1-8(4-18-6-10)12-7-19-5-9-2-11(22-14(9)12)3-13-15(21)20-16(23)24-13/h1-7H,(H,20,21,23)/b13-3-. The largest absolute Gasteiger partial charge is 0.456 e. The number of fused-ring (bicyclic) bond motifs is 1. The van der Waals surface area contributed by atoms with Gasteiger partial charge >= 0.3 is 0 Å². The molecule has 1 saturated heterocycles. The minimum absolute atomic E-state index is 0.208. The highest BCUT2D eigenvalue weighted by Crippen LogP contribution is 2.33. The Labute approximate surface area is 154 Å². The maximum atomic E-state index is 11.8. The molecule has 24 heavy (non-hydrogen) atoms. The maximum Gasteiger partial charge on any atom is 0.263 e. The molecule has 8 heteroatoms. The molecule has 0 bridgehead atoms. The number of thioether (sulfide) groups is 1. The van der Waals surface area contributed by atoms with Crippen LogP contribution in [0.2, 0.25) is 0 Å². The van der Waals surface area contributed by atoms with E-state index >= 15 is 0 Å². The number of furan rings is 1. The van der Waals surface area contributed by atoms with Gasteiger partial charge in [0.05, 0.1) is 4.91 Å². The van der Waals surface area contributed by atoms with Crippen LogP contribution in [-0.2, 0) is 4.79 Å². The van der Waals surface area contributed by atoms with E-state index in [-0.39, 0.29) is 5.91 Å². The van der Waals surface area contributed by atoms with Crippen LogP contribution in [0.5, 0.6) is 0 Å². The van der Waals surface area contributed by atoms with Gasteiger partial charge in [-0.25, -0.2) is 0 Å². The monoisotopic (exact) mass is 417 g/mol. The minimum atomic E-state index is -0.208. The van der Waals surface area contributed by atoms with Gasteiger partial charge in [0, 0.05) is 51.8 Å². The number of amides is 1. The number of nitrogens with one attached hydrogen (secondary N) is 1. The lowest BCUT2D eigenvalue weighted by molar-refractivity contribution is -0.115. The predicted octanol–water partition coefficient (Wildman–Crippen LogP) is 4.14. The summed E-state index contributed by atoms with van der Waals surface area (Å²) in [6.45, 7) is 0. The van der Waals surface area contributed by atoms with Gasteiger partial charge in [-0.05, 0) is 28.1 Å². The lowest BCUT2D eigenvalue weighted by Gasteiger charge is -2.01. The van der Waals surface area contributed by atoms with Crippen LogP contribution in [0.25, 0.3) is 28.2 Å². The average molecular weight is 418 g/mol. The first-order chi connectivity index (χ1) is 11.6. The van der Waals surface area contributed by atoms with Crippen molar-refractivity contribution in [3.05, 3.63) is 52.1 Å². The van der Waals surface area contributed by atoms with Crippen LogP contribution >= 0.6 is 39.9 Å². The van der Waals surface area contributed by atoms with Crippen molar-refractivity contribution in [1.82, 2.24) is 15.3 Å². The van der Waals surface area contributed by atoms with Gasteiger partial charge in [0.15, 0.2) is 0 Å². The van der Waals surface area contributed by atoms with Crippen molar-refractivity contribution >= 4 is 67.2 Å². The highest BCUT2D eigenvalue weighted by molar-refractivity contribution is 9.10. The van der Waals surface area contributed by atoms with Crippen LogP contribution in [0, 0.1) is 0 Å². The van der Waals surface area contributed by atoms with Crippen LogP contribution in [0.4, 0.5) is 0 Å². The van der Waals surface area contributed by atoms with E-state index in [4.69, 9.17) is 16.6 Å². The molecule has 0 unspecified atom stereocenters. The molecule has 1 aliphatic rings. The summed E-state index contributed by atoms with van der Waals surface area (Å²) in [5, 5.41) is 3.44. The summed E-state index contributed by atoms with van der Waals surface area (Å²) in [6, 6.07) is 3.79. The zero-order valence-corrected chi connectivity index (χ0v) is 15.2. The lowest BCUT2D eigenvalue weighted by Crippen LogP contribution is -2.17. The molecule has 4 rings (SSSR count). The number of rotatable bonds is 2. The quantitative estimate of drug-likeness (QED) is 0.499. The molecule has 118 valence electrons. The zero-order chi connectivity index (χ0) is 16.7. The molecule has 0 aromatic carbocycles. The van der Waals surface area contributed by atoms with E-state index < -0.39 is 0 Å². The molecular weight excluding hydrogens is 410 g/mol. The fourth-order valence-corrected chi connectivity index (χ4v) is 3.76. The number of hydrogen-bond donors (Lipinski definition) is 1. The highest BCUT2D eigenvalue weighted by Gasteiger charge is 2.22. The Morgan fingerprint density at radius 2 is 2.04 bits per heavy atom.